The predicted molar refractivity (Wildman–Crippen MR) is 75.9 cm³/mol. The Morgan fingerprint density at radius 3 is 2.48 bits per heavy atom. The molecule has 1 N–H and O–H groups in total. The van der Waals surface area contributed by atoms with Gasteiger partial charge in [0.05, 0.1) is 19.6 Å². The number of benzene rings is 1. The molecule has 21 heavy (non-hydrogen) atoms. The van der Waals surface area contributed by atoms with Crippen molar-refractivity contribution in [2.24, 2.45) is 0 Å². The van der Waals surface area contributed by atoms with E-state index in [-0.39, 0.29) is 24.1 Å². The highest BCUT2D eigenvalue weighted by Gasteiger charge is 2.39. The molecule has 0 radical (unpaired) electrons. The highest BCUT2D eigenvalue weighted by molar-refractivity contribution is 5.91. The number of carbonyl (C=O) groups is 1. The lowest BCUT2D eigenvalue weighted by molar-refractivity contribution is -0.933. The van der Waals surface area contributed by atoms with Crippen molar-refractivity contribution in [2.45, 2.75) is 6.92 Å². The SMILES string of the molecule is Cc1ccc(NC(=O)C[N+]23CCN(CC2)CC3)cc1F.[Cl-]. The fraction of sp³-hybridized carbons (Fsp3) is 0.533. The summed E-state index contributed by atoms with van der Waals surface area (Å²) in [5, 5.41) is 2.83. The Bertz CT molecular complexity index is 516. The van der Waals surface area contributed by atoms with Crippen LogP contribution in [-0.4, -0.2) is 61.1 Å². The number of quaternary nitrogens is 1. The molecule has 2 bridgehead atoms. The second-order valence-electron chi connectivity index (χ2n) is 6.02. The van der Waals surface area contributed by atoms with E-state index in [2.05, 4.69) is 10.2 Å². The van der Waals surface area contributed by atoms with Gasteiger partial charge in [0.1, 0.15) is 5.82 Å². The van der Waals surface area contributed by atoms with Gasteiger partial charge in [-0.1, -0.05) is 6.07 Å². The molecular formula is C15H21ClFN3O. The molecular weight excluding hydrogens is 293 g/mol. The summed E-state index contributed by atoms with van der Waals surface area (Å²) in [6, 6.07) is 4.84. The first-order valence-corrected chi connectivity index (χ1v) is 7.20. The van der Waals surface area contributed by atoms with Crippen LogP contribution in [0, 0.1) is 12.7 Å². The molecule has 0 aliphatic carbocycles. The number of fused-ring (bicyclic) bond motifs is 3. The molecule has 116 valence electrons. The Labute approximate surface area is 130 Å². The molecule has 1 aromatic rings. The van der Waals surface area contributed by atoms with Gasteiger partial charge in [0.15, 0.2) is 6.54 Å². The van der Waals surface area contributed by atoms with Crippen LogP contribution in [0.5, 0.6) is 0 Å². The molecule has 3 fully saturated rings. The third-order valence-corrected chi connectivity index (χ3v) is 4.61. The summed E-state index contributed by atoms with van der Waals surface area (Å²) in [7, 11) is 0. The number of amides is 1. The van der Waals surface area contributed by atoms with Gasteiger partial charge in [0.25, 0.3) is 5.91 Å². The van der Waals surface area contributed by atoms with Crippen molar-refractivity contribution in [1.29, 1.82) is 0 Å². The molecule has 3 aliphatic rings. The van der Waals surface area contributed by atoms with E-state index < -0.39 is 0 Å². The van der Waals surface area contributed by atoms with Gasteiger partial charge in [-0.15, -0.1) is 0 Å². The predicted octanol–water partition coefficient (Wildman–Crippen LogP) is -1.78. The maximum atomic E-state index is 13.5. The van der Waals surface area contributed by atoms with Crippen LogP contribution in [0.2, 0.25) is 0 Å². The van der Waals surface area contributed by atoms with E-state index in [1.54, 1.807) is 19.1 Å². The van der Waals surface area contributed by atoms with Crippen molar-refractivity contribution in [3.63, 3.8) is 0 Å². The van der Waals surface area contributed by atoms with Crippen LogP contribution in [0.15, 0.2) is 18.2 Å². The summed E-state index contributed by atoms with van der Waals surface area (Å²) in [4.78, 5) is 14.6. The minimum absolute atomic E-state index is 0. The number of carbonyl (C=O) groups excluding carboxylic acids is 1. The van der Waals surface area contributed by atoms with E-state index in [1.165, 1.54) is 6.07 Å². The molecule has 0 aromatic heterocycles. The van der Waals surface area contributed by atoms with Crippen LogP contribution in [0.25, 0.3) is 0 Å². The largest absolute Gasteiger partial charge is 1.00 e. The Morgan fingerprint density at radius 1 is 1.29 bits per heavy atom. The maximum Gasteiger partial charge on any atom is 0.279 e. The van der Waals surface area contributed by atoms with Gasteiger partial charge in [0, 0.05) is 25.3 Å². The number of anilines is 1. The van der Waals surface area contributed by atoms with Gasteiger partial charge >= 0.3 is 0 Å². The van der Waals surface area contributed by atoms with Crippen molar-refractivity contribution in [3.8, 4) is 0 Å². The van der Waals surface area contributed by atoms with Gasteiger partial charge in [-0.05, 0) is 24.6 Å². The number of piperazine rings is 3. The lowest BCUT2D eigenvalue weighted by Crippen LogP contribution is -3.00. The average Bonchev–Trinajstić information content (AvgIpc) is 2.44. The van der Waals surface area contributed by atoms with Gasteiger partial charge in [-0.2, -0.15) is 0 Å². The quantitative estimate of drug-likeness (QED) is 0.670. The molecule has 1 amide bonds. The Balaban J connectivity index is 0.00000161. The number of nitrogens with one attached hydrogen (secondary N) is 1. The first-order chi connectivity index (χ1) is 9.56. The zero-order valence-corrected chi connectivity index (χ0v) is 13.0. The zero-order valence-electron chi connectivity index (χ0n) is 12.2. The van der Waals surface area contributed by atoms with Crippen molar-refractivity contribution in [2.75, 3.05) is 51.1 Å². The standard InChI is InChI=1S/C15H20FN3O.ClH/c1-12-2-3-13(10-14(12)16)17-15(20)11-19-7-4-18(5-8-19)6-9-19;/h2-3,10H,4-9,11H2,1H3;1H. The van der Waals surface area contributed by atoms with Gasteiger partial charge in [-0.25, -0.2) is 4.39 Å². The minimum Gasteiger partial charge on any atom is -1.00 e. The first kappa shape index (κ1) is 16.2. The third-order valence-electron chi connectivity index (χ3n) is 4.61. The Kier molecular flexibility index (Phi) is 4.86. The van der Waals surface area contributed by atoms with Crippen molar-refractivity contribution < 1.29 is 26.1 Å². The summed E-state index contributed by atoms with van der Waals surface area (Å²) in [5.74, 6) is -0.287. The molecule has 3 saturated heterocycles. The van der Waals surface area contributed by atoms with Crippen LogP contribution >= 0.6 is 0 Å². The second-order valence-corrected chi connectivity index (χ2v) is 6.02. The number of nitrogens with zero attached hydrogens (tertiary/aromatic N) is 2. The van der Waals surface area contributed by atoms with Gasteiger partial charge < -0.3 is 22.2 Å². The van der Waals surface area contributed by atoms with E-state index in [0.717, 1.165) is 43.8 Å². The van der Waals surface area contributed by atoms with E-state index in [9.17, 15) is 9.18 Å². The van der Waals surface area contributed by atoms with Crippen molar-refractivity contribution in [1.82, 2.24) is 4.90 Å². The second kappa shape index (κ2) is 6.30. The summed E-state index contributed by atoms with van der Waals surface area (Å²) in [6.45, 7) is 8.64. The minimum atomic E-state index is -0.276. The topological polar surface area (TPSA) is 32.3 Å². The van der Waals surface area contributed by atoms with E-state index in [1.807, 2.05) is 0 Å². The highest BCUT2D eigenvalue weighted by atomic mass is 35.5. The monoisotopic (exact) mass is 313 g/mol. The van der Waals surface area contributed by atoms with Crippen LogP contribution < -0.4 is 17.7 Å². The fourth-order valence-electron chi connectivity index (χ4n) is 3.14. The number of hydrogen-bond donors (Lipinski definition) is 1. The zero-order chi connectivity index (χ0) is 14.2. The summed E-state index contributed by atoms with van der Waals surface area (Å²) < 4.78 is 14.4. The normalized spacial score (nSPS) is 27.0. The Morgan fingerprint density at radius 2 is 1.90 bits per heavy atom. The lowest BCUT2D eigenvalue weighted by atomic mass is 10.1. The number of halogens is 2. The molecule has 0 spiro atoms. The van der Waals surface area contributed by atoms with Gasteiger partial charge in [0.2, 0.25) is 0 Å². The van der Waals surface area contributed by atoms with Crippen molar-refractivity contribution in [3.05, 3.63) is 29.6 Å². The fourth-order valence-corrected chi connectivity index (χ4v) is 3.14. The molecule has 4 rings (SSSR count). The number of aryl methyl sites for hydroxylation is 1. The van der Waals surface area contributed by atoms with Crippen LogP contribution in [-0.2, 0) is 4.79 Å². The number of rotatable bonds is 3. The molecule has 0 saturated carbocycles. The van der Waals surface area contributed by atoms with Gasteiger partial charge in [-0.3, -0.25) is 9.69 Å². The van der Waals surface area contributed by atoms with Crippen LogP contribution in [0.4, 0.5) is 10.1 Å². The molecule has 3 aliphatic heterocycles. The third kappa shape index (κ3) is 3.54. The molecule has 0 unspecified atom stereocenters. The van der Waals surface area contributed by atoms with Crippen LogP contribution in [0.1, 0.15) is 5.56 Å². The summed E-state index contributed by atoms with van der Waals surface area (Å²) >= 11 is 0. The van der Waals surface area contributed by atoms with Crippen molar-refractivity contribution >= 4 is 11.6 Å². The molecule has 3 heterocycles. The summed E-state index contributed by atoms with van der Waals surface area (Å²) in [6.07, 6.45) is 0. The Hall–Kier alpha value is -1.17. The first-order valence-electron chi connectivity index (χ1n) is 7.20. The average molecular weight is 314 g/mol. The van der Waals surface area contributed by atoms with E-state index in [0.29, 0.717) is 17.8 Å². The smallest absolute Gasteiger partial charge is 0.279 e. The molecule has 4 nitrogen and oxygen atoms in total. The lowest BCUT2D eigenvalue weighted by Gasteiger charge is -2.50. The number of hydrogen-bond acceptors (Lipinski definition) is 2. The van der Waals surface area contributed by atoms with Crippen LogP contribution in [0.3, 0.4) is 0 Å². The molecule has 0 atom stereocenters. The molecule has 1 aromatic carbocycles. The molecule has 6 heteroatoms. The maximum absolute atomic E-state index is 13.5. The summed E-state index contributed by atoms with van der Waals surface area (Å²) in [5.41, 5.74) is 1.14. The van der Waals surface area contributed by atoms with E-state index >= 15 is 0 Å². The highest BCUT2D eigenvalue weighted by Crippen LogP contribution is 2.20. The van der Waals surface area contributed by atoms with E-state index in [4.69, 9.17) is 0 Å².